The van der Waals surface area contributed by atoms with Gasteiger partial charge >= 0.3 is 5.97 Å². The molecule has 0 aromatic rings. The molecule has 4 heteroatoms. The Morgan fingerprint density at radius 1 is 1.38 bits per heavy atom. The van der Waals surface area contributed by atoms with E-state index >= 15 is 0 Å². The Hall–Kier alpha value is -1.13. The first-order chi connectivity index (χ1) is 11.3. The molecule has 134 valence electrons. The van der Waals surface area contributed by atoms with E-state index in [4.69, 9.17) is 9.47 Å². The standard InChI is InChI=1S/C20H30O4/c1-12-7-5-9-13(2)17-18-15(14(3)19(21)24-18)11-16(23-17)20(4,22)10-6-8-12/h8,13,15-18,22H,3,5-7,9-11H2,1-2,4H3/b12-8+/t13-,15-,16-,17+,18-,20-/m1/s1. The number of carbonyl (C=O) groups is 1. The fourth-order valence-corrected chi connectivity index (χ4v) is 4.36. The molecule has 3 rings (SSSR count). The maximum Gasteiger partial charge on any atom is 0.334 e. The fourth-order valence-electron chi connectivity index (χ4n) is 4.36. The smallest absolute Gasteiger partial charge is 0.334 e. The Morgan fingerprint density at radius 2 is 2.12 bits per heavy atom. The highest BCUT2D eigenvalue weighted by Crippen LogP contribution is 2.44. The van der Waals surface area contributed by atoms with Crippen LogP contribution in [0.25, 0.3) is 0 Å². The van der Waals surface area contributed by atoms with Gasteiger partial charge in [0.1, 0.15) is 6.10 Å². The number of carbonyl (C=O) groups excluding carboxylic acids is 1. The van der Waals surface area contributed by atoms with Gasteiger partial charge < -0.3 is 14.6 Å². The van der Waals surface area contributed by atoms with Gasteiger partial charge in [-0.3, -0.25) is 0 Å². The zero-order valence-electron chi connectivity index (χ0n) is 15.1. The van der Waals surface area contributed by atoms with E-state index < -0.39 is 5.60 Å². The first kappa shape index (κ1) is 17.7. The van der Waals surface area contributed by atoms with Crippen LogP contribution in [0, 0.1) is 11.8 Å². The van der Waals surface area contributed by atoms with Crippen LogP contribution in [-0.4, -0.2) is 35.0 Å². The largest absolute Gasteiger partial charge is 0.456 e. The SMILES string of the molecule is C=C1C(=O)O[C@H]2[C@H]3O[C@H](C[C@H]12)[C@](C)(O)CC/C=C(\C)CCC[C@H]3C. The lowest BCUT2D eigenvalue weighted by atomic mass is 9.76. The molecular formula is C20H30O4. The molecule has 0 aliphatic carbocycles. The van der Waals surface area contributed by atoms with Crippen LogP contribution >= 0.6 is 0 Å². The Bertz CT molecular complexity index is 548. The molecule has 0 saturated carbocycles. The van der Waals surface area contributed by atoms with E-state index in [0.717, 1.165) is 25.7 Å². The van der Waals surface area contributed by atoms with Crippen LogP contribution in [0.3, 0.4) is 0 Å². The number of aliphatic hydroxyl groups is 1. The first-order valence-electron chi connectivity index (χ1n) is 9.23. The topological polar surface area (TPSA) is 55.8 Å². The van der Waals surface area contributed by atoms with Crippen LogP contribution in [0.2, 0.25) is 0 Å². The van der Waals surface area contributed by atoms with Crippen LogP contribution in [-0.2, 0) is 14.3 Å². The second kappa shape index (κ2) is 6.64. The van der Waals surface area contributed by atoms with E-state index in [0.29, 0.717) is 18.4 Å². The fraction of sp³-hybridized carbons (Fsp3) is 0.750. The van der Waals surface area contributed by atoms with E-state index in [1.165, 1.54) is 5.57 Å². The molecule has 4 nitrogen and oxygen atoms in total. The summed E-state index contributed by atoms with van der Waals surface area (Å²) in [4.78, 5) is 12.0. The van der Waals surface area contributed by atoms with Crippen molar-refractivity contribution in [3.05, 3.63) is 23.8 Å². The molecular weight excluding hydrogens is 304 g/mol. The van der Waals surface area contributed by atoms with Crippen molar-refractivity contribution in [1.29, 1.82) is 0 Å². The minimum absolute atomic E-state index is 0.0320. The number of ether oxygens (including phenoxy) is 2. The van der Waals surface area contributed by atoms with E-state index in [-0.39, 0.29) is 36.1 Å². The molecule has 0 radical (unpaired) electrons. The van der Waals surface area contributed by atoms with Gasteiger partial charge in [0.05, 0.1) is 17.8 Å². The third kappa shape index (κ3) is 3.31. The number of hydrogen-bond donors (Lipinski definition) is 1. The summed E-state index contributed by atoms with van der Waals surface area (Å²) in [7, 11) is 0. The van der Waals surface area contributed by atoms with Crippen molar-refractivity contribution in [2.24, 2.45) is 11.8 Å². The molecule has 6 atom stereocenters. The Morgan fingerprint density at radius 3 is 2.88 bits per heavy atom. The van der Waals surface area contributed by atoms with Crippen LogP contribution < -0.4 is 0 Å². The Kier molecular flexibility index (Phi) is 4.89. The van der Waals surface area contributed by atoms with Crippen molar-refractivity contribution in [2.45, 2.75) is 83.2 Å². The molecule has 0 spiro atoms. The highest BCUT2D eigenvalue weighted by molar-refractivity contribution is 5.90. The molecule has 0 aromatic heterocycles. The molecule has 3 aliphatic rings. The minimum atomic E-state index is -0.912. The first-order valence-corrected chi connectivity index (χ1v) is 9.23. The van der Waals surface area contributed by atoms with Crippen molar-refractivity contribution in [1.82, 2.24) is 0 Å². The average molecular weight is 334 g/mol. The van der Waals surface area contributed by atoms with Gasteiger partial charge in [0.25, 0.3) is 0 Å². The van der Waals surface area contributed by atoms with Crippen molar-refractivity contribution in [3.8, 4) is 0 Å². The summed E-state index contributed by atoms with van der Waals surface area (Å²) >= 11 is 0. The average Bonchev–Trinajstić information content (AvgIpc) is 2.80. The maximum atomic E-state index is 12.0. The second-order valence-corrected chi connectivity index (χ2v) is 8.14. The molecule has 3 aliphatic heterocycles. The number of esters is 1. The Balaban J connectivity index is 1.90. The predicted molar refractivity (Wildman–Crippen MR) is 92.4 cm³/mol. The third-order valence-corrected chi connectivity index (χ3v) is 6.09. The Labute approximate surface area is 144 Å². The third-order valence-electron chi connectivity index (χ3n) is 6.09. The van der Waals surface area contributed by atoms with Gasteiger partial charge in [-0.2, -0.15) is 0 Å². The van der Waals surface area contributed by atoms with E-state index in [2.05, 4.69) is 26.5 Å². The van der Waals surface area contributed by atoms with Crippen LogP contribution in [0.4, 0.5) is 0 Å². The molecule has 2 fully saturated rings. The number of rotatable bonds is 0. The van der Waals surface area contributed by atoms with Gasteiger partial charge in [-0.05, 0) is 58.3 Å². The summed E-state index contributed by atoms with van der Waals surface area (Å²) in [5.74, 6) is -0.0506. The van der Waals surface area contributed by atoms with Crippen LogP contribution in [0.15, 0.2) is 23.8 Å². The van der Waals surface area contributed by atoms with E-state index in [1.54, 1.807) is 0 Å². The number of hydrogen-bond acceptors (Lipinski definition) is 4. The van der Waals surface area contributed by atoms with Gasteiger partial charge in [-0.15, -0.1) is 0 Å². The van der Waals surface area contributed by atoms with E-state index in [1.807, 2.05) is 6.92 Å². The molecule has 0 unspecified atom stereocenters. The zero-order valence-corrected chi connectivity index (χ0v) is 15.1. The van der Waals surface area contributed by atoms with Crippen LogP contribution in [0.1, 0.15) is 59.3 Å². The van der Waals surface area contributed by atoms with Crippen molar-refractivity contribution in [2.75, 3.05) is 0 Å². The van der Waals surface area contributed by atoms with Crippen molar-refractivity contribution < 1.29 is 19.4 Å². The highest BCUT2D eigenvalue weighted by atomic mass is 16.6. The molecule has 24 heavy (non-hydrogen) atoms. The van der Waals surface area contributed by atoms with E-state index in [9.17, 15) is 9.90 Å². The summed E-state index contributed by atoms with van der Waals surface area (Å²) in [6.07, 6.45) is 6.87. The molecule has 1 N–H and O–H groups in total. The summed E-state index contributed by atoms with van der Waals surface area (Å²) in [6.45, 7) is 10.1. The lowest BCUT2D eigenvalue weighted by Crippen LogP contribution is -2.54. The summed E-state index contributed by atoms with van der Waals surface area (Å²) in [5, 5.41) is 11.0. The molecule has 3 heterocycles. The quantitative estimate of drug-likeness (QED) is 0.418. The van der Waals surface area contributed by atoms with Crippen molar-refractivity contribution >= 4 is 5.97 Å². The monoisotopic (exact) mass is 334 g/mol. The number of allylic oxidation sites excluding steroid dienone is 2. The van der Waals surface area contributed by atoms with Gasteiger partial charge in [0.2, 0.25) is 0 Å². The molecule has 2 saturated heterocycles. The predicted octanol–water partition coefficient (Wildman–Crippen LogP) is 3.54. The normalized spacial score (nSPS) is 46.2. The summed E-state index contributed by atoms with van der Waals surface area (Å²) in [5.41, 5.74) is 1.03. The van der Waals surface area contributed by atoms with Gasteiger partial charge in [0, 0.05) is 11.5 Å². The van der Waals surface area contributed by atoms with Gasteiger partial charge in [0.15, 0.2) is 0 Å². The lowest BCUT2D eigenvalue weighted by Gasteiger charge is -2.45. The summed E-state index contributed by atoms with van der Waals surface area (Å²) in [6, 6.07) is 0. The molecule has 2 bridgehead atoms. The van der Waals surface area contributed by atoms with Gasteiger partial charge in [-0.25, -0.2) is 4.79 Å². The zero-order chi connectivity index (χ0) is 17.5. The molecule has 0 aromatic carbocycles. The number of fused-ring (bicyclic) bond motifs is 4. The summed E-state index contributed by atoms with van der Waals surface area (Å²) < 4.78 is 11.9. The minimum Gasteiger partial charge on any atom is -0.456 e. The van der Waals surface area contributed by atoms with Gasteiger partial charge in [-0.1, -0.05) is 25.2 Å². The van der Waals surface area contributed by atoms with Crippen LogP contribution in [0.5, 0.6) is 0 Å². The maximum absolute atomic E-state index is 12.0. The van der Waals surface area contributed by atoms with Crippen molar-refractivity contribution in [3.63, 3.8) is 0 Å². The lowest BCUT2D eigenvalue weighted by molar-refractivity contribution is -0.208. The highest BCUT2D eigenvalue weighted by Gasteiger charge is 2.53. The molecule has 0 amide bonds. The second-order valence-electron chi connectivity index (χ2n) is 8.14.